The van der Waals surface area contributed by atoms with Crippen LogP contribution < -0.4 is 14.2 Å². The molecule has 0 aliphatic rings. The summed E-state index contributed by atoms with van der Waals surface area (Å²) in [4.78, 5) is 4.45. The Hall–Kier alpha value is -4.47. The van der Waals surface area contributed by atoms with Gasteiger partial charge in [0.05, 0.1) is 44.3 Å². The molecule has 0 saturated carbocycles. The number of rotatable bonds is 10. The van der Waals surface area contributed by atoms with Gasteiger partial charge in [-0.2, -0.15) is 5.26 Å². The first-order valence-corrected chi connectivity index (χ1v) is 13.5. The fourth-order valence-electron chi connectivity index (χ4n) is 4.05. The second kappa shape index (κ2) is 11.5. The maximum atomic E-state index is 13.6. The van der Waals surface area contributed by atoms with E-state index in [-0.39, 0.29) is 11.6 Å². The van der Waals surface area contributed by atoms with Gasteiger partial charge in [0.15, 0.2) is 21.5 Å². The molecule has 202 valence electrons. The van der Waals surface area contributed by atoms with Gasteiger partial charge in [-0.1, -0.05) is 24.3 Å². The van der Waals surface area contributed by atoms with Crippen molar-refractivity contribution in [2.45, 2.75) is 24.0 Å². The number of ether oxygens (including phenoxy) is 3. The van der Waals surface area contributed by atoms with Crippen LogP contribution in [0.15, 0.2) is 60.7 Å². The second-order valence-electron chi connectivity index (χ2n) is 8.54. The van der Waals surface area contributed by atoms with Gasteiger partial charge in [-0.05, 0) is 42.8 Å². The lowest BCUT2D eigenvalue weighted by atomic mass is 10.1. The first-order valence-electron chi connectivity index (χ1n) is 11.8. The molecule has 1 N–H and O–H groups in total. The van der Waals surface area contributed by atoms with Crippen LogP contribution in [0.5, 0.6) is 17.4 Å². The average molecular weight is 550 g/mol. The molecular formula is C27H27N5O6S. The molecule has 0 bridgehead atoms. The van der Waals surface area contributed by atoms with Crippen LogP contribution in [0.4, 0.5) is 0 Å². The Morgan fingerprint density at radius 1 is 0.949 bits per heavy atom. The van der Waals surface area contributed by atoms with E-state index in [1.54, 1.807) is 36.4 Å². The van der Waals surface area contributed by atoms with Gasteiger partial charge in [-0.3, -0.25) is 4.57 Å². The smallest absolute Gasteiger partial charge is 0.213 e. The lowest BCUT2D eigenvalue weighted by molar-refractivity contribution is 0.176. The van der Waals surface area contributed by atoms with Crippen molar-refractivity contribution in [2.24, 2.45) is 0 Å². The predicted molar refractivity (Wildman–Crippen MR) is 142 cm³/mol. The van der Waals surface area contributed by atoms with Crippen molar-refractivity contribution in [1.82, 2.24) is 19.7 Å². The lowest BCUT2D eigenvalue weighted by Gasteiger charge is -2.21. The van der Waals surface area contributed by atoms with Crippen molar-refractivity contribution < 1.29 is 27.7 Å². The number of aliphatic hydroxyl groups is 1. The van der Waals surface area contributed by atoms with Crippen molar-refractivity contribution in [2.75, 3.05) is 21.3 Å². The summed E-state index contributed by atoms with van der Waals surface area (Å²) in [6, 6.07) is 18.4. The van der Waals surface area contributed by atoms with Gasteiger partial charge in [0.1, 0.15) is 28.6 Å². The van der Waals surface area contributed by atoms with Crippen molar-refractivity contribution in [1.29, 1.82) is 5.26 Å². The molecule has 39 heavy (non-hydrogen) atoms. The van der Waals surface area contributed by atoms with E-state index in [2.05, 4.69) is 15.2 Å². The zero-order valence-corrected chi connectivity index (χ0v) is 22.6. The van der Waals surface area contributed by atoms with Crippen LogP contribution >= 0.6 is 0 Å². The van der Waals surface area contributed by atoms with E-state index in [0.717, 1.165) is 0 Å². The molecule has 0 saturated heterocycles. The molecule has 0 aliphatic heterocycles. The number of hydrogen-bond donors (Lipinski definition) is 1. The monoisotopic (exact) mass is 549 g/mol. The van der Waals surface area contributed by atoms with E-state index in [1.165, 1.54) is 57.1 Å². The van der Waals surface area contributed by atoms with Crippen LogP contribution in [0.2, 0.25) is 0 Å². The van der Waals surface area contributed by atoms with Gasteiger partial charge in [-0.25, -0.2) is 13.4 Å². The van der Waals surface area contributed by atoms with Crippen LogP contribution in [0.25, 0.3) is 17.2 Å². The summed E-state index contributed by atoms with van der Waals surface area (Å²) in [5.74, 6) is 0.866. The first kappa shape index (κ1) is 27.6. The number of para-hydroxylation sites is 1. The molecule has 2 atom stereocenters. The quantitative estimate of drug-likeness (QED) is 0.312. The molecular weight excluding hydrogens is 522 g/mol. The normalized spacial score (nSPS) is 12.8. The van der Waals surface area contributed by atoms with E-state index in [4.69, 9.17) is 19.5 Å². The third kappa shape index (κ3) is 5.55. The highest BCUT2D eigenvalue weighted by Crippen LogP contribution is 2.37. The highest BCUT2D eigenvalue weighted by Gasteiger charge is 2.33. The molecule has 12 heteroatoms. The summed E-state index contributed by atoms with van der Waals surface area (Å²) in [6.45, 7) is 1.42. The molecule has 0 amide bonds. The Balaban J connectivity index is 1.82. The Morgan fingerprint density at radius 3 is 2.18 bits per heavy atom. The van der Waals surface area contributed by atoms with Crippen LogP contribution in [0, 0.1) is 11.3 Å². The minimum Gasteiger partial charge on any atom is -0.494 e. The van der Waals surface area contributed by atoms with Crippen molar-refractivity contribution in [3.8, 4) is 40.7 Å². The molecule has 11 nitrogen and oxygen atoms in total. The van der Waals surface area contributed by atoms with E-state index < -0.39 is 26.9 Å². The van der Waals surface area contributed by atoms with Crippen LogP contribution in [0.3, 0.4) is 0 Å². The van der Waals surface area contributed by atoms with E-state index in [1.807, 2.05) is 6.07 Å². The molecule has 0 radical (unpaired) electrons. The third-order valence-corrected chi connectivity index (χ3v) is 8.29. The number of aromatic nitrogens is 4. The number of hydrogen-bond acceptors (Lipinski definition) is 10. The zero-order valence-electron chi connectivity index (χ0n) is 21.8. The van der Waals surface area contributed by atoms with E-state index in [9.17, 15) is 13.5 Å². The van der Waals surface area contributed by atoms with Crippen LogP contribution in [0.1, 0.15) is 30.0 Å². The Morgan fingerprint density at radius 2 is 1.59 bits per heavy atom. The zero-order chi connectivity index (χ0) is 28.2. The van der Waals surface area contributed by atoms with Gasteiger partial charge in [0.2, 0.25) is 5.88 Å². The summed E-state index contributed by atoms with van der Waals surface area (Å²) >= 11 is 0. The second-order valence-corrected chi connectivity index (χ2v) is 10.9. The van der Waals surface area contributed by atoms with Gasteiger partial charge in [0.25, 0.3) is 0 Å². The van der Waals surface area contributed by atoms with E-state index >= 15 is 0 Å². The first-order chi connectivity index (χ1) is 18.7. The molecule has 0 fully saturated rings. The van der Waals surface area contributed by atoms with Crippen molar-refractivity contribution in [3.63, 3.8) is 0 Å². The molecule has 4 aromatic rings. The highest BCUT2D eigenvalue weighted by atomic mass is 32.2. The van der Waals surface area contributed by atoms with E-state index in [0.29, 0.717) is 39.9 Å². The van der Waals surface area contributed by atoms with Gasteiger partial charge in [-0.15, -0.1) is 10.2 Å². The minimum absolute atomic E-state index is 0.0660. The molecule has 2 heterocycles. The summed E-state index contributed by atoms with van der Waals surface area (Å²) in [5, 5.41) is 27.2. The third-order valence-electron chi connectivity index (χ3n) is 6.24. The molecule has 4 rings (SSSR count). The van der Waals surface area contributed by atoms with Crippen LogP contribution in [-0.4, -0.2) is 59.9 Å². The molecule has 2 aromatic heterocycles. The molecule has 0 spiro atoms. The Bertz CT molecular complexity index is 1590. The lowest BCUT2D eigenvalue weighted by Crippen LogP contribution is -2.28. The number of benzene rings is 2. The standard InChI is InChI=1S/C27H27N5O6S/c1-17(26(33)19-13-11-18(15-28)12-14-19)39(34,35)16-23-30-31-27(20-7-5-10-24(29-20)38-4)32(23)25-21(36-2)8-6-9-22(25)37-3/h5-14,17,26,33H,16H2,1-4H3/t17-,26-/m1/s1. The number of nitriles is 1. The number of nitrogens with zero attached hydrogens (tertiary/aromatic N) is 5. The number of methoxy groups -OCH3 is 3. The summed E-state index contributed by atoms with van der Waals surface area (Å²) in [7, 11) is 0.461. The van der Waals surface area contributed by atoms with Gasteiger partial charge >= 0.3 is 0 Å². The molecule has 2 aromatic carbocycles. The fraction of sp³-hybridized carbons (Fsp3) is 0.259. The average Bonchev–Trinajstić information content (AvgIpc) is 3.37. The van der Waals surface area contributed by atoms with Crippen molar-refractivity contribution in [3.05, 3.63) is 77.6 Å². The highest BCUT2D eigenvalue weighted by molar-refractivity contribution is 7.91. The Kier molecular flexibility index (Phi) is 8.13. The van der Waals surface area contributed by atoms with Crippen LogP contribution in [-0.2, 0) is 15.6 Å². The SMILES string of the molecule is COc1cccc(-c2nnc(CS(=O)(=O)[C@H](C)[C@@H](O)c3ccc(C#N)cc3)n2-c2c(OC)cccc2OC)n1. The summed E-state index contributed by atoms with van der Waals surface area (Å²) in [6.07, 6.45) is -1.33. The maximum absolute atomic E-state index is 13.6. The van der Waals surface area contributed by atoms with Gasteiger partial charge in [0, 0.05) is 6.07 Å². The largest absolute Gasteiger partial charge is 0.494 e. The predicted octanol–water partition coefficient (Wildman–Crippen LogP) is 3.26. The number of pyridine rings is 1. The fourth-order valence-corrected chi connectivity index (χ4v) is 5.41. The molecule has 0 aliphatic carbocycles. The van der Waals surface area contributed by atoms with Crippen molar-refractivity contribution >= 4 is 9.84 Å². The summed E-state index contributed by atoms with van der Waals surface area (Å²) < 4.78 is 45.1. The summed E-state index contributed by atoms with van der Waals surface area (Å²) in [5.41, 5.74) is 1.54. The topological polar surface area (TPSA) is 149 Å². The van der Waals surface area contributed by atoms with Gasteiger partial charge < -0.3 is 19.3 Å². The molecule has 0 unspecified atom stereocenters. The number of aliphatic hydroxyl groups excluding tert-OH is 1. The Labute approximate surface area is 226 Å². The minimum atomic E-state index is -3.99. The maximum Gasteiger partial charge on any atom is 0.213 e. The number of sulfone groups is 1.